The van der Waals surface area contributed by atoms with Crippen molar-refractivity contribution < 1.29 is 14.3 Å². The lowest BCUT2D eigenvalue weighted by molar-refractivity contribution is -0.160. The summed E-state index contributed by atoms with van der Waals surface area (Å²) in [7, 11) is 0. The minimum Gasteiger partial charge on any atom is -0.458 e. The molecule has 2 aromatic heterocycles. The second kappa shape index (κ2) is 11.6. The molecule has 1 fully saturated rings. The maximum Gasteiger partial charge on any atom is 0.332 e. The van der Waals surface area contributed by atoms with Crippen LogP contribution in [0.4, 0.5) is 0 Å². The molecular formula is C29H35N3O4. The van der Waals surface area contributed by atoms with E-state index in [1.807, 2.05) is 63.2 Å². The molecule has 1 aliphatic carbocycles. The average molecular weight is 490 g/mol. The number of hydrogen-bond donors (Lipinski definition) is 0. The Balaban J connectivity index is 1.39. The van der Waals surface area contributed by atoms with Gasteiger partial charge >= 0.3 is 5.97 Å². The van der Waals surface area contributed by atoms with Gasteiger partial charge in [-0.05, 0) is 76.0 Å². The molecule has 190 valence electrons. The fourth-order valence-electron chi connectivity index (χ4n) is 4.68. The number of ether oxygens (including phenoxy) is 2. The number of pyridine rings is 1. The summed E-state index contributed by atoms with van der Waals surface area (Å²) in [6.07, 6.45) is 7.52. The molecule has 2 heterocycles. The predicted octanol–water partition coefficient (Wildman–Crippen LogP) is 5.14. The number of carbonyl (C=O) groups excluding carboxylic acids is 1. The molecule has 1 aromatic carbocycles. The highest BCUT2D eigenvalue weighted by molar-refractivity contribution is 5.79. The summed E-state index contributed by atoms with van der Waals surface area (Å²) in [4.78, 5) is 29.2. The first kappa shape index (κ1) is 25.8. The molecule has 0 radical (unpaired) electrons. The summed E-state index contributed by atoms with van der Waals surface area (Å²) < 4.78 is 12.5. The van der Waals surface area contributed by atoms with Crippen molar-refractivity contribution in [3.05, 3.63) is 71.3 Å². The van der Waals surface area contributed by atoms with Crippen LogP contribution in [0, 0.1) is 11.8 Å². The SMILES string of the molecule is CC(C)(C)OC(=O)COC[C@H]1CC[C@H](Cn2nc(-c3cccnc3)c(-c3ccccc3)cc2=O)CC1. The number of aromatic nitrogens is 3. The molecule has 36 heavy (non-hydrogen) atoms. The van der Waals surface area contributed by atoms with Crippen LogP contribution >= 0.6 is 0 Å². The summed E-state index contributed by atoms with van der Waals surface area (Å²) in [5, 5.41) is 4.82. The summed E-state index contributed by atoms with van der Waals surface area (Å²) in [6.45, 7) is 6.68. The number of carbonyl (C=O) groups is 1. The summed E-state index contributed by atoms with van der Waals surface area (Å²) >= 11 is 0. The maximum absolute atomic E-state index is 13.1. The van der Waals surface area contributed by atoms with Crippen LogP contribution in [-0.4, -0.2) is 39.5 Å². The first-order chi connectivity index (χ1) is 17.3. The lowest BCUT2D eigenvalue weighted by Crippen LogP contribution is -2.30. The van der Waals surface area contributed by atoms with E-state index in [9.17, 15) is 9.59 Å². The number of esters is 1. The van der Waals surface area contributed by atoms with Crippen LogP contribution in [0.15, 0.2) is 65.7 Å². The molecule has 0 spiro atoms. The Bertz CT molecular complexity index is 1190. The Morgan fingerprint density at radius 1 is 1.00 bits per heavy atom. The van der Waals surface area contributed by atoms with E-state index in [1.165, 1.54) is 0 Å². The zero-order valence-corrected chi connectivity index (χ0v) is 21.4. The van der Waals surface area contributed by atoms with Gasteiger partial charge in [-0.25, -0.2) is 9.48 Å². The van der Waals surface area contributed by atoms with Crippen molar-refractivity contribution in [3.8, 4) is 22.4 Å². The standard InChI is InChI=1S/C29H35N3O4/c1-29(2,3)36-27(34)20-35-19-22-13-11-21(12-14-22)18-32-26(33)16-25(23-8-5-4-6-9-23)28(31-32)24-10-7-15-30-17-24/h4-10,15-17,21-22H,11-14,18-20H2,1-3H3/t21-,22-. The van der Waals surface area contributed by atoms with E-state index in [0.29, 0.717) is 25.0 Å². The van der Waals surface area contributed by atoms with Crippen molar-refractivity contribution in [3.63, 3.8) is 0 Å². The van der Waals surface area contributed by atoms with Crippen LogP contribution in [0.3, 0.4) is 0 Å². The molecule has 7 heteroatoms. The van der Waals surface area contributed by atoms with Gasteiger partial charge in [-0.15, -0.1) is 0 Å². The molecule has 0 aliphatic heterocycles. The van der Waals surface area contributed by atoms with Gasteiger partial charge < -0.3 is 9.47 Å². The van der Waals surface area contributed by atoms with Gasteiger partial charge in [-0.2, -0.15) is 5.10 Å². The van der Waals surface area contributed by atoms with E-state index >= 15 is 0 Å². The fourth-order valence-corrected chi connectivity index (χ4v) is 4.68. The van der Waals surface area contributed by atoms with Crippen LogP contribution in [-0.2, 0) is 20.8 Å². The lowest BCUT2D eigenvalue weighted by atomic mass is 9.82. The van der Waals surface area contributed by atoms with Crippen molar-refractivity contribution in [1.82, 2.24) is 14.8 Å². The number of rotatable bonds is 8. The van der Waals surface area contributed by atoms with Crippen molar-refractivity contribution in [1.29, 1.82) is 0 Å². The van der Waals surface area contributed by atoms with Crippen LogP contribution < -0.4 is 5.56 Å². The normalized spacial score (nSPS) is 18.1. The van der Waals surface area contributed by atoms with Gasteiger partial charge in [0.1, 0.15) is 17.9 Å². The highest BCUT2D eigenvalue weighted by Gasteiger charge is 2.24. The van der Waals surface area contributed by atoms with E-state index in [0.717, 1.165) is 48.1 Å². The van der Waals surface area contributed by atoms with Gasteiger partial charge in [0, 0.05) is 36.1 Å². The average Bonchev–Trinajstić information content (AvgIpc) is 2.86. The lowest BCUT2D eigenvalue weighted by Gasteiger charge is -2.28. The maximum atomic E-state index is 13.1. The molecule has 0 saturated heterocycles. The van der Waals surface area contributed by atoms with Crippen LogP contribution in [0.5, 0.6) is 0 Å². The van der Waals surface area contributed by atoms with Gasteiger partial charge in [-0.3, -0.25) is 9.78 Å². The van der Waals surface area contributed by atoms with E-state index in [-0.39, 0.29) is 18.1 Å². The van der Waals surface area contributed by atoms with E-state index in [4.69, 9.17) is 14.6 Å². The topological polar surface area (TPSA) is 83.3 Å². The minimum absolute atomic E-state index is 0.0125. The molecule has 1 saturated carbocycles. The fraction of sp³-hybridized carbons (Fsp3) is 0.448. The van der Waals surface area contributed by atoms with E-state index in [2.05, 4.69) is 4.98 Å². The number of hydrogen-bond acceptors (Lipinski definition) is 6. The smallest absolute Gasteiger partial charge is 0.332 e. The zero-order chi connectivity index (χ0) is 25.5. The Morgan fingerprint density at radius 3 is 2.36 bits per heavy atom. The summed E-state index contributed by atoms with van der Waals surface area (Å²) in [5.74, 6) is 0.464. The predicted molar refractivity (Wildman–Crippen MR) is 139 cm³/mol. The third kappa shape index (κ3) is 7.10. The van der Waals surface area contributed by atoms with Crippen molar-refractivity contribution in [2.24, 2.45) is 11.8 Å². The molecule has 1 aliphatic rings. The first-order valence-electron chi connectivity index (χ1n) is 12.7. The highest BCUT2D eigenvalue weighted by atomic mass is 16.6. The highest BCUT2D eigenvalue weighted by Crippen LogP contribution is 2.31. The minimum atomic E-state index is -0.499. The Labute approximate surface area is 212 Å². The van der Waals surface area contributed by atoms with Gasteiger partial charge in [0.05, 0.1) is 6.61 Å². The van der Waals surface area contributed by atoms with Crippen molar-refractivity contribution in [2.75, 3.05) is 13.2 Å². The largest absolute Gasteiger partial charge is 0.458 e. The molecule has 0 unspecified atom stereocenters. The molecule has 0 atom stereocenters. The molecule has 0 N–H and O–H groups in total. The third-order valence-corrected chi connectivity index (χ3v) is 6.41. The van der Waals surface area contributed by atoms with Crippen molar-refractivity contribution >= 4 is 5.97 Å². The Kier molecular flexibility index (Phi) is 8.31. The summed E-state index contributed by atoms with van der Waals surface area (Å²) in [6, 6.07) is 15.4. The number of benzene rings is 1. The van der Waals surface area contributed by atoms with E-state index in [1.54, 1.807) is 23.1 Å². The second-order valence-corrected chi connectivity index (χ2v) is 10.5. The molecule has 3 aromatic rings. The number of nitrogens with zero attached hydrogens (tertiary/aromatic N) is 3. The molecule has 7 nitrogen and oxygen atoms in total. The molecular weight excluding hydrogens is 454 g/mol. The monoisotopic (exact) mass is 489 g/mol. The zero-order valence-electron chi connectivity index (χ0n) is 21.4. The van der Waals surface area contributed by atoms with Gasteiger partial charge in [-0.1, -0.05) is 30.3 Å². The quantitative estimate of drug-likeness (QED) is 0.408. The van der Waals surface area contributed by atoms with Crippen LogP contribution in [0.1, 0.15) is 46.5 Å². The first-order valence-corrected chi connectivity index (χ1v) is 12.7. The van der Waals surface area contributed by atoms with Gasteiger partial charge in [0.15, 0.2) is 0 Å². The van der Waals surface area contributed by atoms with Gasteiger partial charge in [0.2, 0.25) is 0 Å². The molecule has 0 amide bonds. The van der Waals surface area contributed by atoms with Crippen molar-refractivity contribution in [2.45, 2.75) is 58.6 Å². The third-order valence-electron chi connectivity index (χ3n) is 6.41. The van der Waals surface area contributed by atoms with Crippen LogP contribution in [0.2, 0.25) is 0 Å². The van der Waals surface area contributed by atoms with E-state index < -0.39 is 5.60 Å². The Morgan fingerprint density at radius 2 is 1.69 bits per heavy atom. The van der Waals surface area contributed by atoms with Crippen LogP contribution in [0.25, 0.3) is 22.4 Å². The second-order valence-electron chi connectivity index (χ2n) is 10.5. The van der Waals surface area contributed by atoms with Gasteiger partial charge in [0.25, 0.3) is 5.56 Å². The molecule has 0 bridgehead atoms. The Hall–Kier alpha value is -3.32. The summed E-state index contributed by atoms with van der Waals surface area (Å²) in [5.41, 5.74) is 2.83. The molecule has 4 rings (SSSR count).